The van der Waals surface area contributed by atoms with Gasteiger partial charge in [0.2, 0.25) is 0 Å². The summed E-state index contributed by atoms with van der Waals surface area (Å²) in [5.41, 5.74) is 1.48. The van der Waals surface area contributed by atoms with Crippen LogP contribution in [0.1, 0.15) is 37.7 Å². The summed E-state index contributed by atoms with van der Waals surface area (Å²) in [5, 5.41) is 20.9. The van der Waals surface area contributed by atoms with Gasteiger partial charge in [0, 0.05) is 35.3 Å². The van der Waals surface area contributed by atoms with E-state index in [4.69, 9.17) is 11.6 Å². The molecule has 0 aromatic heterocycles. The first-order valence-corrected chi connectivity index (χ1v) is 7.87. The lowest BCUT2D eigenvalue weighted by Crippen LogP contribution is -2.53. The fourth-order valence-corrected chi connectivity index (χ4v) is 3.97. The Labute approximate surface area is 125 Å². The number of halogens is 1. The van der Waals surface area contributed by atoms with E-state index in [1.807, 2.05) is 18.2 Å². The van der Waals surface area contributed by atoms with Crippen molar-refractivity contribution >= 4 is 17.3 Å². The smallest absolute Gasteiger partial charge is 0.0709 e. The lowest BCUT2D eigenvalue weighted by atomic mass is 9.71. The zero-order valence-electron chi connectivity index (χ0n) is 11.7. The molecule has 2 atom stereocenters. The minimum atomic E-state index is -0.458. The minimum Gasteiger partial charge on any atom is -0.392 e. The van der Waals surface area contributed by atoms with E-state index in [9.17, 15) is 10.2 Å². The first-order chi connectivity index (χ1) is 9.62. The van der Waals surface area contributed by atoms with E-state index >= 15 is 0 Å². The van der Waals surface area contributed by atoms with Crippen molar-refractivity contribution in [3.8, 4) is 0 Å². The van der Waals surface area contributed by atoms with Gasteiger partial charge in [0.1, 0.15) is 0 Å². The first kappa shape index (κ1) is 14.2. The highest BCUT2D eigenvalue weighted by molar-refractivity contribution is 6.30. The molecule has 1 aromatic carbocycles. The lowest BCUT2D eigenvalue weighted by Gasteiger charge is -2.48. The molecule has 3 nitrogen and oxygen atoms in total. The van der Waals surface area contributed by atoms with Gasteiger partial charge in [-0.1, -0.05) is 24.4 Å². The molecular formula is C16H22ClNO2. The number of fused-ring (bicyclic) bond motifs is 1. The van der Waals surface area contributed by atoms with Gasteiger partial charge in [0.25, 0.3) is 0 Å². The second kappa shape index (κ2) is 5.55. The third-order valence-electron chi connectivity index (χ3n) is 4.98. The Hall–Kier alpha value is -0.770. The van der Waals surface area contributed by atoms with Crippen molar-refractivity contribution in [1.82, 2.24) is 0 Å². The molecule has 3 rings (SSSR count). The molecule has 4 heteroatoms. The average molecular weight is 296 g/mol. The van der Waals surface area contributed by atoms with Gasteiger partial charge < -0.3 is 15.1 Å². The maximum atomic E-state index is 10.7. The number of hydrogen-bond donors (Lipinski definition) is 2. The molecule has 0 bridgehead atoms. The van der Waals surface area contributed by atoms with E-state index in [1.54, 1.807) is 0 Å². The van der Waals surface area contributed by atoms with E-state index < -0.39 is 5.60 Å². The van der Waals surface area contributed by atoms with Gasteiger partial charge >= 0.3 is 0 Å². The number of rotatable bonds is 2. The summed E-state index contributed by atoms with van der Waals surface area (Å²) in [5.74, 6) is 0.354. The normalized spacial score (nSPS) is 30.1. The molecule has 0 amide bonds. The third-order valence-corrected chi connectivity index (χ3v) is 5.22. The first-order valence-electron chi connectivity index (χ1n) is 7.49. The molecule has 1 heterocycles. The van der Waals surface area contributed by atoms with Gasteiger partial charge in [-0.2, -0.15) is 0 Å². The van der Waals surface area contributed by atoms with Crippen LogP contribution in [0.25, 0.3) is 0 Å². The number of nitrogens with zero attached hydrogens (tertiary/aromatic N) is 1. The van der Waals surface area contributed by atoms with Gasteiger partial charge in [-0.25, -0.2) is 0 Å². The SMILES string of the molecule is OCc1cc(Cl)ccc1N1CCC2(O)CCCCC2C1. The summed E-state index contributed by atoms with van der Waals surface area (Å²) in [6, 6.07) is 5.69. The fourth-order valence-electron chi connectivity index (χ4n) is 3.78. The van der Waals surface area contributed by atoms with Crippen molar-refractivity contribution in [3.63, 3.8) is 0 Å². The van der Waals surface area contributed by atoms with Gasteiger partial charge in [-0.3, -0.25) is 0 Å². The Morgan fingerprint density at radius 1 is 1.30 bits per heavy atom. The molecule has 1 aromatic rings. The fraction of sp³-hybridized carbons (Fsp3) is 0.625. The highest BCUT2D eigenvalue weighted by atomic mass is 35.5. The summed E-state index contributed by atoms with van der Waals surface area (Å²) < 4.78 is 0. The zero-order valence-corrected chi connectivity index (χ0v) is 12.4. The Morgan fingerprint density at radius 3 is 2.95 bits per heavy atom. The Balaban J connectivity index is 1.82. The summed E-state index contributed by atoms with van der Waals surface area (Å²) in [7, 11) is 0. The highest BCUT2D eigenvalue weighted by Gasteiger charge is 2.42. The van der Waals surface area contributed by atoms with Gasteiger partial charge in [-0.15, -0.1) is 0 Å². The van der Waals surface area contributed by atoms with E-state index in [-0.39, 0.29) is 6.61 Å². The van der Waals surface area contributed by atoms with E-state index in [1.165, 1.54) is 6.42 Å². The number of anilines is 1. The maximum absolute atomic E-state index is 10.7. The van der Waals surface area contributed by atoms with Crippen molar-refractivity contribution in [2.45, 2.75) is 44.3 Å². The molecule has 20 heavy (non-hydrogen) atoms. The molecular weight excluding hydrogens is 274 g/mol. The Morgan fingerprint density at radius 2 is 2.15 bits per heavy atom. The van der Waals surface area contributed by atoms with E-state index in [2.05, 4.69) is 4.90 Å². The van der Waals surface area contributed by atoms with Crippen LogP contribution < -0.4 is 4.90 Å². The molecule has 110 valence electrons. The van der Waals surface area contributed by atoms with Crippen molar-refractivity contribution in [1.29, 1.82) is 0 Å². The summed E-state index contributed by atoms with van der Waals surface area (Å²) >= 11 is 6.00. The van der Waals surface area contributed by atoms with Gasteiger partial charge in [0.05, 0.1) is 12.2 Å². The quantitative estimate of drug-likeness (QED) is 0.881. The number of aliphatic hydroxyl groups is 2. The van der Waals surface area contributed by atoms with Crippen molar-refractivity contribution in [3.05, 3.63) is 28.8 Å². The number of benzene rings is 1. The van der Waals surface area contributed by atoms with E-state index in [0.717, 1.165) is 50.0 Å². The second-order valence-corrected chi connectivity index (χ2v) is 6.61. The monoisotopic (exact) mass is 295 g/mol. The van der Waals surface area contributed by atoms with Crippen LogP contribution in [0.3, 0.4) is 0 Å². The van der Waals surface area contributed by atoms with Crippen LogP contribution in [0.5, 0.6) is 0 Å². The van der Waals surface area contributed by atoms with Crippen molar-refractivity contribution in [2.75, 3.05) is 18.0 Å². The summed E-state index contributed by atoms with van der Waals surface area (Å²) in [6.07, 6.45) is 5.24. The standard InChI is InChI=1S/C16H22ClNO2/c17-14-4-5-15(12(9-14)11-19)18-8-7-16(20)6-2-1-3-13(16)10-18/h4-5,9,13,19-20H,1-3,6-8,10-11H2. The number of piperidine rings is 1. The van der Waals surface area contributed by atoms with Gasteiger partial charge in [-0.05, 0) is 37.5 Å². The average Bonchev–Trinajstić information content (AvgIpc) is 2.46. The van der Waals surface area contributed by atoms with Crippen LogP contribution in [0.2, 0.25) is 5.02 Å². The van der Waals surface area contributed by atoms with Crippen LogP contribution in [-0.4, -0.2) is 28.9 Å². The van der Waals surface area contributed by atoms with Crippen LogP contribution >= 0.6 is 11.6 Å². The molecule has 2 fully saturated rings. The van der Waals surface area contributed by atoms with Crippen LogP contribution in [0.15, 0.2) is 18.2 Å². The second-order valence-electron chi connectivity index (χ2n) is 6.17. The molecule has 0 spiro atoms. The minimum absolute atomic E-state index is 0.00132. The number of hydrogen-bond acceptors (Lipinski definition) is 3. The molecule has 1 saturated carbocycles. The summed E-state index contributed by atoms with van der Waals surface area (Å²) in [4.78, 5) is 2.30. The van der Waals surface area contributed by atoms with E-state index in [0.29, 0.717) is 10.9 Å². The molecule has 2 unspecified atom stereocenters. The summed E-state index contributed by atoms with van der Waals surface area (Å²) in [6.45, 7) is 1.73. The number of aliphatic hydroxyl groups excluding tert-OH is 1. The van der Waals surface area contributed by atoms with Crippen LogP contribution in [0, 0.1) is 5.92 Å². The highest BCUT2D eigenvalue weighted by Crippen LogP contribution is 2.41. The predicted octanol–water partition coefficient (Wildman–Crippen LogP) is 2.96. The van der Waals surface area contributed by atoms with Crippen LogP contribution in [0.4, 0.5) is 5.69 Å². The largest absolute Gasteiger partial charge is 0.392 e. The topological polar surface area (TPSA) is 43.7 Å². The Bertz CT molecular complexity index is 493. The molecule has 2 aliphatic rings. The molecule has 0 radical (unpaired) electrons. The lowest BCUT2D eigenvalue weighted by molar-refractivity contribution is -0.0612. The molecule has 1 aliphatic heterocycles. The molecule has 2 N–H and O–H groups in total. The maximum Gasteiger partial charge on any atom is 0.0709 e. The third kappa shape index (κ3) is 2.54. The Kier molecular flexibility index (Phi) is 3.93. The van der Waals surface area contributed by atoms with Crippen molar-refractivity contribution in [2.24, 2.45) is 5.92 Å². The van der Waals surface area contributed by atoms with Crippen LogP contribution in [-0.2, 0) is 6.61 Å². The zero-order chi connectivity index (χ0) is 14.2. The predicted molar refractivity (Wildman–Crippen MR) is 81.1 cm³/mol. The molecule has 1 saturated heterocycles. The van der Waals surface area contributed by atoms with Crippen molar-refractivity contribution < 1.29 is 10.2 Å². The molecule has 1 aliphatic carbocycles. The van der Waals surface area contributed by atoms with Gasteiger partial charge in [0.15, 0.2) is 0 Å².